The van der Waals surface area contributed by atoms with E-state index >= 15 is 0 Å². The van der Waals surface area contributed by atoms with Gasteiger partial charge < -0.3 is 15.4 Å². The number of methoxy groups -OCH3 is 1. The third kappa shape index (κ3) is 4.26. The van der Waals surface area contributed by atoms with Gasteiger partial charge in [-0.2, -0.15) is 0 Å². The minimum atomic E-state index is -0.441. The molecule has 0 heterocycles. The highest BCUT2D eigenvalue weighted by Gasteiger charge is 2.09. The molecule has 2 aromatic carbocycles. The number of ether oxygens (including phenoxy) is 1. The van der Waals surface area contributed by atoms with Crippen molar-refractivity contribution in [2.45, 2.75) is 0 Å². The van der Waals surface area contributed by atoms with Crippen molar-refractivity contribution in [3.63, 3.8) is 0 Å². The lowest BCUT2D eigenvalue weighted by atomic mass is 10.3. The topological polar surface area (TPSA) is 50.4 Å². The van der Waals surface area contributed by atoms with Gasteiger partial charge in [-0.25, -0.2) is 4.39 Å². The van der Waals surface area contributed by atoms with Crippen molar-refractivity contribution in [3.8, 4) is 5.75 Å². The molecule has 7 heteroatoms. The van der Waals surface area contributed by atoms with Crippen LogP contribution in [-0.2, 0) is 4.79 Å². The molecule has 22 heavy (non-hydrogen) atoms. The first-order valence-corrected chi connectivity index (χ1v) is 7.07. The summed E-state index contributed by atoms with van der Waals surface area (Å²) in [6.45, 7) is -0.0407. The summed E-state index contributed by atoms with van der Waals surface area (Å²) in [6.07, 6.45) is 0. The van der Waals surface area contributed by atoms with E-state index in [9.17, 15) is 9.18 Å². The van der Waals surface area contributed by atoms with Gasteiger partial charge in [0.25, 0.3) is 0 Å². The molecule has 0 saturated heterocycles. The quantitative estimate of drug-likeness (QED) is 0.856. The lowest BCUT2D eigenvalue weighted by Gasteiger charge is -2.12. The minimum absolute atomic E-state index is 0.0407. The van der Waals surface area contributed by atoms with Gasteiger partial charge in [0.05, 0.1) is 30.1 Å². The summed E-state index contributed by atoms with van der Waals surface area (Å²) in [5.74, 6) is -0.262. The Morgan fingerprint density at radius 1 is 1.18 bits per heavy atom. The molecule has 2 rings (SSSR count). The largest absolute Gasteiger partial charge is 0.495 e. The van der Waals surface area contributed by atoms with Crippen molar-refractivity contribution in [3.05, 3.63) is 52.3 Å². The Balaban J connectivity index is 2.00. The van der Waals surface area contributed by atoms with Gasteiger partial charge >= 0.3 is 0 Å². The number of nitrogens with one attached hydrogen (secondary N) is 2. The Bertz CT molecular complexity index is 695. The fourth-order valence-corrected chi connectivity index (χ4v) is 2.19. The van der Waals surface area contributed by atoms with E-state index in [-0.39, 0.29) is 17.5 Å². The Kier molecular flexibility index (Phi) is 5.46. The maximum Gasteiger partial charge on any atom is 0.243 e. The molecule has 0 atom stereocenters. The molecule has 4 nitrogen and oxygen atoms in total. The van der Waals surface area contributed by atoms with Crippen molar-refractivity contribution in [2.75, 3.05) is 24.3 Å². The molecule has 0 aromatic heterocycles. The molecule has 0 aliphatic heterocycles. The van der Waals surface area contributed by atoms with Gasteiger partial charge in [0.15, 0.2) is 0 Å². The van der Waals surface area contributed by atoms with E-state index in [4.69, 9.17) is 27.9 Å². The first-order chi connectivity index (χ1) is 10.5. The average molecular weight is 343 g/mol. The summed E-state index contributed by atoms with van der Waals surface area (Å²) in [6, 6.07) is 8.79. The fraction of sp³-hybridized carbons (Fsp3) is 0.133. The number of amides is 1. The van der Waals surface area contributed by atoms with Crippen molar-refractivity contribution in [1.29, 1.82) is 0 Å². The molecule has 2 aromatic rings. The molecule has 1 amide bonds. The second kappa shape index (κ2) is 7.33. The van der Waals surface area contributed by atoms with E-state index in [0.717, 1.165) is 0 Å². The van der Waals surface area contributed by atoms with Gasteiger partial charge in [0, 0.05) is 5.02 Å². The predicted molar refractivity (Wildman–Crippen MR) is 86.5 cm³/mol. The van der Waals surface area contributed by atoms with Crippen LogP contribution in [0.5, 0.6) is 5.75 Å². The summed E-state index contributed by atoms with van der Waals surface area (Å²) in [4.78, 5) is 12.0. The van der Waals surface area contributed by atoms with E-state index in [2.05, 4.69) is 10.6 Å². The highest BCUT2D eigenvalue weighted by Crippen LogP contribution is 2.27. The van der Waals surface area contributed by atoms with Crippen LogP contribution < -0.4 is 15.4 Å². The molecule has 0 fully saturated rings. The van der Waals surface area contributed by atoms with E-state index in [1.165, 1.54) is 25.3 Å². The van der Waals surface area contributed by atoms with E-state index in [0.29, 0.717) is 22.1 Å². The SMILES string of the molecule is COc1ccc(Cl)cc1NC(=O)CNc1ccc(F)cc1Cl. The maximum atomic E-state index is 12.9. The fourth-order valence-electron chi connectivity index (χ4n) is 1.78. The third-order valence-electron chi connectivity index (χ3n) is 2.81. The van der Waals surface area contributed by atoms with Gasteiger partial charge in [-0.1, -0.05) is 23.2 Å². The first-order valence-electron chi connectivity index (χ1n) is 6.32. The second-order valence-corrected chi connectivity index (χ2v) is 5.21. The van der Waals surface area contributed by atoms with Crippen LogP contribution in [0.15, 0.2) is 36.4 Å². The Morgan fingerprint density at radius 3 is 2.64 bits per heavy atom. The van der Waals surface area contributed by atoms with E-state index in [1.54, 1.807) is 18.2 Å². The number of anilines is 2. The van der Waals surface area contributed by atoms with Gasteiger partial charge in [-0.15, -0.1) is 0 Å². The number of benzene rings is 2. The van der Waals surface area contributed by atoms with Crippen LogP contribution in [0.4, 0.5) is 15.8 Å². The van der Waals surface area contributed by atoms with E-state index in [1.807, 2.05) is 0 Å². The molecule has 0 aliphatic rings. The summed E-state index contributed by atoms with van der Waals surface area (Å²) < 4.78 is 18.1. The molecule has 2 N–H and O–H groups in total. The van der Waals surface area contributed by atoms with Crippen molar-refractivity contribution in [1.82, 2.24) is 0 Å². The highest BCUT2D eigenvalue weighted by molar-refractivity contribution is 6.33. The van der Waals surface area contributed by atoms with Crippen molar-refractivity contribution in [2.24, 2.45) is 0 Å². The number of hydrogen-bond acceptors (Lipinski definition) is 3. The van der Waals surface area contributed by atoms with Gasteiger partial charge in [0.2, 0.25) is 5.91 Å². The molecule has 0 unspecified atom stereocenters. The average Bonchev–Trinajstić information content (AvgIpc) is 2.46. The lowest BCUT2D eigenvalue weighted by Crippen LogP contribution is -2.22. The van der Waals surface area contributed by atoms with Crippen LogP contribution in [0.2, 0.25) is 10.0 Å². The molecule has 0 radical (unpaired) electrons. The van der Waals surface area contributed by atoms with Gasteiger partial charge in [0.1, 0.15) is 11.6 Å². The maximum absolute atomic E-state index is 12.9. The van der Waals surface area contributed by atoms with Crippen LogP contribution >= 0.6 is 23.2 Å². The summed E-state index contributed by atoms with van der Waals surface area (Å²) in [5, 5.41) is 6.18. The first kappa shape index (κ1) is 16.4. The molecule has 0 spiro atoms. The zero-order valence-corrected chi connectivity index (χ0v) is 13.1. The lowest BCUT2D eigenvalue weighted by molar-refractivity contribution is -0.114. The summed E-state index contributed by atoms with van der Waals surface area (Å²) >= 11 is 11.8. The van der Waals surface area contributed by atoms with Crippen LogP contribution in [0.25, 0.3) is 0 Å². The molecular weight excluding hydrogens is 330 g/mol. The third-order valence-corrected chi connectivity index (χ3v) is 3.35. The van der Waals surface area contributed by atoms with Gasteiger partial charge in [-0.05, 0) is 36.4 Å². The number of carbonyl (C=O) groups excluding carboxylic acids is 1. The highest BCUT2D eigenvalue weighted by atomic mass is 35.5. The van der Waals surface area contributed by atoms with Crippen molar-refractivity contribution >= 4 is 40.5 Å². The normalized spacial score (nSPS) is 10.2. The van der Waals surface area contributed by atoms with Crippen LogP contribution in [0.3, 0.4) is 0 Å². The Labute approximate surface area is 137 Å². The van der Waals surface area contributed by atoms with Crippen LogP contribution in [-0.4, -0.2) is 19.6 Å². The van der Waals surface area contributed by atoms with Gasteiger partial charge in [-0.3, -0.25) is 4.79 Å². The Hall–Kier alpha value is -1.98. The molecule has 116 valence electrons. The summed E-state index contributed by atoms with van der Waals surface area (Å²) in [5.41, 5.74) is 0.934. The van der Waals surface area contributed by atoms with Crippen LogP contribution in [0, 0.1) is 5.82 Å². The predicted octanol–water partition coefficient (Wildman–Crippen LogP) is 4.19. The minimum Gasteiger partial charge on any atom is -0.495 e. The molecular formula is C15H13Cl2FN2O2. The zero-order chi connectivity index (χ0) is 16.1. The zero-order valence-electron chi connectivity index (χ0n) is 11.6. The van der Waals surface area contributed by atoms with Crippen LogP contribution in [0.1, 0.15) is 0 Å². The molecule has 0 aliphatic carbocycles. The standard InChI is InChI=1S/C15H13Cl2FN2O2/c1-22-14-5-2-9(16)6-13(14)20-15(21)8-19-12-4-3-10(18)7-11(12)17/h2-7,19H,8H2,1H3,(H,20,21). The smallest absolute Gasteiger partial charge is 0.243 e. The monoisotopic (exact) mass is 342 g/mol. The molecule has 0 saturated carbocycles. The number of rotatable bonds is 5. The molecule has 0 bridgehead atoms. The number of carbonyl (C=O) groups is 1. The summed E-state index contributed by atoms with van der Waals surface area (Å²) in [7, 11) is 1.50. The number of hydrogen-bond donors (Lipinski definition) is 2. The number of halogens is 3. The Morgan fingerprint density at radius 2 is 1.95 bits per heavy atom. The second-order valence-electron chi connectivity index (χ2n) is 4.37. The van der Waals surface area contributed by atoms with E-state index < -0.39 is 5.82 Å². The van der Waals surface area contributed by atoms with Crippen molar-refractivity contribution < 1.29 is 13.9 Å².